The molecule has 1 aromatic rings. The summed E-state index contributed by atoms with van der Waals surface area (Å²) in [5.74, 6) is -0.736. The SMILES string of the molecule is O=C(O)CCN1CCc2cc(Br)ccc21. The zero-order chi connectivity index (χ0) is 10.8. The highest BCUT2D eigenvalue weighted by atomic mass is 79.9. The third-order valence-corrected chi connectivity index (χ3v) is 3.12. The van der Waals surface area contributed by atoms with Gasteiger partial charge >= 0.3 is 5.97 Å². The molecule has 1 aliphatic rings. The Bertz CT molecular complexity index is 392. The summed E-state index contributed by atoms with van der Waals surface area (Å²) in [6.07, 6.45) is 1.21. The lowest BCUT2D eigenvalue weighted by Crippen LogP contribution is -2.23. The summed E-state index contributed by atoms with van der Waals surface area (Å²) in [6, 6.07) is 6.16. The van der Waals surface area contributed by atoms with Crippen LogP contribution in [-0.2, 0) is 11.2 Å². The van der Waals surface area contributed by atoms with Crippen molar-refractivity contribution in [2.75, 3.05) is 18.0 Å². The maximum atomic E-state index is 10.5. The van der Waals surface area contributed by atoms with Crippen LogP contribution in [0.4, 0.5) is 5.69 Å². The fourth-order valence-electron chi connectivity index (χ4n) is 1.90. The second kappa shape index (κ2) is 4.23. The maximum Gasteiger partial charge on any atom is 0.305 e. The Kier molecular flexibility index (Phi) is 2.95. The Labute approximate surface area is 96.8 Å². The molecular weight excluding hydrogens is 258 g/mol. The van der Waals surface area contributed by atoms with Crippen LogP contribution in [0.3, 0.4) is 0 Å². The maximum absolute atomic E-state index is 10.5. The molecule has 3 nitrogen and oxygen atoms in total. The molecule has 0 fully saturated rings. The average molecular weight is 270 g/mol. The number of carboxylic acids is 1. The van der Waals surface area contributed by atoms with Crippen LogP contribution >= 0.6 is 15.9 Å². The topological polar surface area (TPSA) is 40.5 Å². The van der Waals surface area contributed by atoms with Crippen molar-refractivity contribution < 1.29 is 9.90 Å². The number of nitrogens with zero attached hydrogens (tertiary/aromatic N) is 1. The normalized spacial score (nSPS) is 14.1. The molecule has 1 aromatic carbocycles. The van der Waals surface area contributed by atoms with Crippen molar-refractivity contribution in [3.63, 3.8) is 0 Å². The molecule has 0 saturated heterocycles. The van der Waals surface area contributed by atoms with E-state index in [1.54, 1.807) is 0 Å². The van der Waals surface area contributed by atoms with Gasteiger partial charge in [0, 0.05) is 23.2 Å². The van der Waals surface area contributed by atoms with Gasteiger partial charge in [-0.15, -0.1) is 0 Å². The van der Waals surface area contributed by atoms with E-state index in [-0.39, 0.29) is 6.42 Å². The molecule has 0 aromatic heterocycles. The summed E-state index contributed by atoms with van der Waals surface area (Å²) in [6.45, 7) is 1.53. The molecule has 0 spiro atoms. The molecule has 2 rings (SSSR count). The van der Waals surface area contributed by atoms with E-state index in [0.29, 0.717) is 6.54 Å². The fraction of sp³-hybridized carbons (Fsp3) is 0.364. The smallest absolute Gasteiger partial charge is 0.305 e. The second-order valence-corrected chi connectivity index (χ2v) is 4.57. The first kappa shape index (κ1) is 10.5. The summed E-state index contributed by atoms with van der Waals surface area (Å²) in [4.78, 5) is 12.6. The van der Waals surface area contributed by atoms with Gasteiger partial charge in [0.15, 0.2) is 0 Å². The summed E-state index contributed by atoms with van der Waals surface area (Å²) in [5.41, 5.74) is 2.48. The van der Waals surface area contributed by atoms with Crippen molar-refractivity contribution in [3.8, 4) is 0 Å². The molecular formula is C11H12BrNO2. The molecule has 0 saturated carbocycles. The van der Waals surface area contributed by atoms with E-state index in [4.69, 9.17) is 5.11 Å². The van der Waals surface area contributed by atoms with Gasteiger partial charge in [0.1, 0.15) is 0 Å². The quantitative estimate of drug-likeness (QED) is 0.916. The Morgan fingerprint density at radius 2 is 2.33 bits per heavy atom. The number of rotatable bonds is 3. The minimum Gasteiger partial charge on any atom is -0.481 e. The summed E-state index contributed by atoms with van der Waals surface area (Å²) < 4.78 is 1.08. The van der Waals surface area contributed by atoms with Crippen LogP contribution in [-0.4, -0.2) is 24.2 Å². The van der Waals surface area contributed by atoms with Gasteiger partial charge in [-0.2, -0.15) is 0 Å². The minimum atomic E-state index is -0.736. The van der Waals surface area contributed by atoms with Crippen LogP contribution < -0.4 is 4.90 Å². The molecule has 0 amide bonds. The van der Waals surface area contributed by atoms with Gasteiger partial charge in [-0.25, -0.2) is 0 Å². The van der Waals surface area contributed by atoms with Crippen LogP contribution in [0.25, 0.3) is 0 Å². The van der Waals surface area contributed by atoms with Crippen molar-refractivity contribution in [3.05, 3.63) is 28.2 Å². The third kappa shape index (κ3) is 2.31. The first-order chi connectivity index (χ1) is 7.16. The van der Waals surface area contributed by atoms with E-state index in [1.807, 2.05) is 12.1 Å². The molecule has 1 aliphatic heterocycles. The average Bonchev–Trinajstić information content (AvgIpc) is 2.57. The van der Waals surface area contributed by atoms with E-state index in [0.717, 1.165) is 17.4 Å². The lowest BCUT2D eigenvalue weighted by molar-refractivity contribution is -0.136. The van der Waals surface area contributed by atoms with Crippen LogP contribution in [0.1, 0.15) is 12.0 Å². The van der Waals surface area contributed by atoms with Crippen LogP contribution in [0, 0.1) is 0 Å². The largest absolute Gasteiger partial charge is 0.481 e. The van der Waals surface area contributed by atoms with Gasteiger partial charge in [0.2, 0.25) is 0 Å². The highest BCUT2D eigenvalue weighted by Gasteiger charge is 2.19. The Morgan fingerprint density at radius 1 is 1.53 bits per heavy atom. The molecule has 0 atom stereocenters. The summed E-state index contributed by atoms with van der Waals surface area (Å²) in [7, 11) is 0. The van der Waals surface area contributed by atoms with Crippen molar-refractivity contribution >= 4 is 27.6 Å². The molecule has 4 heteroatoms. The molecule has 1 N–H and O–H groups in total. The molecule has 0 aliphatic carbocycles. The first-order valence-electron chi connectivity index (χ1n) is 4.92. The Balaban J connectivity index is 2.11. The molecule has 0 bridgehead atoms. The Hall–Kier alpha value is -1.03. The predicted octanol–water partition coefficient (Wildman–Crippen LogP) is 2.29. The standard InChI is InChI=1S/C11H12BrNO2/c12-9-1-2-10-8(7-9)3-5-13(10)6-4-11(14)15/h1-2,7H,3-6H2,(H,14,15). The molecule has 0 radical (unpaired) electrons. The van der Waals surface area contributed by atoms with Crippen LogP contribution in [0.15, 0.2) is 22.7 Å². The molecule has 1 heterocycles. The highest BCUT2D eigenvalue weighted by molar-refractivity contribution is 9.10. The van der Waals surface area contributed by atoms with Crippen molar-refractivity contribution in [2.24, 2.45) is 0 Å². The number of halogens is 1. The number of benzene rings is 1. The first-order valence-corrected chi connectivity index (χ1v) is 5.71. The van der Waals surface area contributed by atoms with Gasteiger partial charge < -0.3 is 10.0 Å². The zero-order valence-corrected chi connectivity index (χ0v) is 9.83. The number of anilines is 1. The summed E-state index contributed by atoms with van der Waals surface area (Å²) >= 11 is 3.43. The Morgan fingerprint density at radius 3 is 3.07 bits per heavy atom. The van der Waals surface area contributed by atoms with Crippen molar-refractivity contribution in [1.29, 1.82) is 0 Å². The predicted molar refractivity (Wildman–Crippen MR) is 62.3 cm³/mol. The van der Waals surface area contributed by atoms with Gasteiger partial charge in [-0.3, -0.25) is 4.79 Å². The molecule has 80 valence electrons. The van der Waals surface area contributed by atoms with E-state index in [9.17, 15) is 4.79 Å². The minimum absolute atomic E-state index is 0.204. The summed E-state index contributed by atoms with van der Waals surface area (Å²) in [5, 5.41) is 8.63. The van der Waals surface area contributed by atoms with Crippen LogP contribution in [0.5, 0.6) is 0 Å². The number of fused-ring (bicyclic) bond motifs is 1. The van der Waals surface area contributed by atoms with Gasteiger partial charge in [-0.05, 0) is 30.2 Å². The van der Waals surface area contributed by atoms with Gasteiger partial charge in [-0.1, -0.05) is 15.9 Å². The number of hydrogen-bond donors (Lipinski definition) is 1. The van der Waals surface area contributed by atoms with E-state index in [1.165, 1.54) is 11.3 Å². The second-order valence-electron chi connectivity index (χ2n) is 3.65. The fourth-order valence-corrected chi connectivity index (χ4v) is 2.31. The van der Waals surface area contributed by atoms with E-state index in [2.05, 4.69) is 26.9 Å². The lowest BCUT2D eigenvalue weighted by atomic mass is 10.2. The highest BCUT2D eigenvalue weighted by Crippen LogP contribution is 2.30. The van der Waals surface area contributed by atoms with Crippen LogP contribution in [0.2, 0.25) is 0 Å². The number of hydrogen-bond acceptors (Lipinski definition) is 2. The van der Waals surface area contributed by atoms with Gasteiger partial charge in [0.25, 0.3) is 0 Å². The lowest BCUT2D eigenvalue weighted by Gasteiger charge is -2.17. The zero-order valence-electron chi connectivity index (χ0n) is 8.24. The third-order valence-electron chi connectivity index (χ3n) is 2.63. The molecule has 15 heavy (non-hydrogen) atoms. The van der Waals surface area contributed by atoms with Gasteiger partial charge in [0.05, 0.1) is 6.42 Å². The number of aliphatic carboxylic acids is 1. The number of carbonyl (C=O) groups is 1. The van der Waals surface area contributed by atoms with E-state index >= 15 is 0 Å². The van der Waals surface area contributed by atoms with Crippen molar-refractivity contribution in [1.82, 2.24) is 0 Å². The van der Waals surface area contributed by atoms with E-state index < -0.39 is 5.97 Å². The van der Waals surface area contributed by atoms with Crippen molar-refractivity contribution in [2.45, 2.75) is 12.8 Å². The molecule has 0 unspecified atom stereocenters. The number of carboxylic acid groups (broad SMARTS) is 1. The monoisotopic (exact) mass is 269 g/mol.